The molecule has 1 atom stereocenters. The van der Waals surface area contributed by atoms with Crippen molar-refractivity contribution in [3.8, 4) is 0 Å². The number of anilines is 1. The zero-order chi connectivity index (χ0) is 27.7. The number of carbonyl (C=O) groups excluding carboxylic acids is 2. The average molecular weight is 536 g/mol. The second-order valence-electron chi connectivity index (χ2n) is 9.44. The lowest BCUT2D eigenvalue weighted by molar-refractivity contribution is -0.139. The highest BCUT2D eigenvalue weighted by atomic mass is 32.2. The summed E-state index contributed by atoms with van der Waals surface area (Å²) in [5.41, 5.74) is 3.07. The van der Waals surface area contributed by atoms with Crippen molar-refractivity contribution in [2.75, 3.05) is 17.4 Å². The van der Waals surface area contributed by atoms with Crippen LogP contribution in [0.1, 0.15) is 43.4 Å². The van der Waals surface area contributed by atoms with Crippen molar-refractivity contribution in [3.63, 3.8) is 0 Å². The van der Waals surface area contributed by atoms with Crippen LogP contribution in [-0.4, -0.2) is 44.3 Å². The predicted octanol–water partition coefficient (Wildman–Crippen LogP) is 4.83. The van der Waals surface area contributed by atoms with Crippen molar-refractivity contribution in [2.24, 2.45) is 0 Å². The molecule has 0 aliphatic carbocycles. The Morgan fingerprint density at radius 1 is 0.895 bits per heavy atom. The molecule has 0 bridgehead atoms. The first kappa shape index (κ1) is 28.9. The molecule has 0 heterocycles. The highest BCUT2D eigenvalue weighted by molar-refractivity contribution is 7.92. The Bertz CT molecular complexity index is 1330. The third-order valence-electron chi connectivity index (χ3n) is 6.46. The van der Waals surface area contributed by atoms with Gasteiger partial charge >= 0.3 is 0 Å². The minimum atomic E-state index is -4.06. The fraction of sp³-hybridized carbons (Fsp3) is 0.333. The van der Waals surface area contributed by atoms with E-state index in [0.29, 0.717) is 12.2 Å². The van der Waals surface area contributed by atoms with Crippen LogP contribution in [0.15, 0.2) is 83.8 Å². The number of aryl methyl sites for hydroxylation is 2. The Labute approximate surface area is 226 Å². The molecule has 0 fully saturated rings. The number of rotatable bonds is 12. The third-order valence-corrected chi connectivity index (χ3v) is 8.24. The molecule has 7 nitrogen and oxygen atoms in total. The lowest BCUT2D eigenvalue weighted by Crippen LogP contribution is -2.51. The highest BCUT2D eigenvalue weighted by Crippen LogP contribution is 2.27. The van der Waals surface area contributed by atoms with E-state index in [4.69, 9.17) is 0 Å². The van der Waals surface area contributed by atoms with Crippen LogP contribution in [0.4, 0.5) is 5.69 Å². The van der Waals surface area contributed by atoms with Gasteiger partial charge in [-0.3, -0.25) is 13.9 Å². The molecule has 0 aromatic heterocycles. The molecule has 202 valence electrons. The number of unbranched alkanes of at least 4 members (excludes halogenated alkanes) is 1. The maximum absolute atomic E-state index is 13.9. The minimum Gasteiger partial charge on any atom is -0.354 e. The van der Waals surface area contributed by atoms with Gasteiger partial charge in [-0.05, 0) is 56.5 Å². The summed E-state index contributed by atoms with van der Waals surface area (Å²) in [6.45, 7) is 7.75. The molecular weight excluding hydrogens is 498 g/mol. The molecule has 0 saturated carbocycles. The second-order valence-corrected chi connectivity index (χ2v) is 11.3. The fourth-order valence-corrected chi connectivity index (χ4v) is 5.58. The maximum atomic E-state index is 13.9. The normalized spacial score (nSPS) is 12.0. The molecule has 0 unspecified atom stereocenters. The Kier molecular flexibility index (Phi) is 10.1. The van der Waals surface area contributed by atoms with Crippen molar-refractivity contribution in [3.05, 3.63) is 95.6 Å². The van der Waals surface area contributed by atoms with Crippen molar-refractivity contribution in [2.45, 2.75) is 58.0 Å². The van der Waals surface area contributed by atoms with E-state index in [-0.39, 0.29) is 17.3 Å². The molecule has 0 aliphatic rings. The number of nitrogens with one attached hydrogen (secondary N) is 1. The van der Waals surface area contributed by atoms with Gasteiger partial charge in [-0.15, -0.1) is 0 Å². The topological polar surface area (TPSA) is 86.8 Å². The monoisotopic (exact) mass is 535 g/mol. The molecule has 3 aromatic carbocycles. The van der Waals surface area contributed by atoms with Crippen LogP contribution in [0.2, 0.25) is 0 Å². The van der Waals surface area contributed by atoms with Crippen LogP contribution in [0.25, 0.3) is 0 Å². The first-order valence-corrected chi connectivity index (χ1v) is 14.3. The quantitative estimate of drug-likeness (QED) is 0.337. The summed E-state index contributed by atoms with van der Waals surface area (Å²) in [6.07, 6.45) is 1.77. The van der Waals surface area contributed by atoms with Crippen LogP contribution in [0, 0.1) is 13.8 Å². The number of benzene rings is 3. The van der Waals surface area contributed by atoms with E-state index in [2.05, 4.69) is 5.32 Å². The Balaban J connectivity index is 1.99. The summed E-state index contributed by atoms with van der Waals surface area (Å²) in [7, 11) is -4.06. The van der Waals surface area contributed by atoms with Gasteiger partial charge < -0.3 is 10.2 Å². The Hall–Kier alpha value is -3.65. The van der Waals surface area contributed by atoms with Crippen LogP contribution in [-0.2, 0) is 26.2 Å². The van der Waals surface area contributed by atoms with Crippen LogP contribution >= 0.6 is 0 Å². The average Bonchev–Trinajstić information content (AvgIpc) is 2.92. The molecular formula is C30H37N3O4S. The number of para-hydroxylation sites is 1. The molecule has 1 N–H and O–H groups in total. The predicted molar refractivity (Wildman–Crippen MR) is 151 cm³/mol. The number of hydrogen-bond donors (Lipinski definition) is 1. The standard InChI is InChI=1S/C30H37N3O4S/c1-5-6-20-31-30(35)25(4)32(21-26-18-16-23(2)17-19-26)29(34)22-33(28-15-11-10-12-24(28)3)38(36,37)27-13-8-7-9-14-27/h7-19,25H,5-6,20-22H2,1-4H3,(H,31,35)/t25-/m1/s1. The molecule has 3 aromatic rings. The summed E-state index contributed by atoms with van der Waals surface area (Å²) in [4.78, 5) is 28.4. The number of sulfonamides is 1. The van der Waals surface area contributed by atoms with Crippen molar-refractivity contribution in [1.29, 1.82) is 0 Å². The van der Waals surface area contributed by atoms with Gasteiger partial charge in [-0.25, -0.2) is 8.42 Å². The molecule has 0 saturated heterocycles. The Morgan fingerprint density at radius 3 is 2.16 bits per heavy atom. The van der Waals surface area contributed by atoms with Gasteiger partial charge in [0.2, 0.25) is 11.8 Å². The first-order valence-electron chi connectivity index (χ1n) is 12.9. The van der Waals surface area contributed by atoms with Gasteiger partial charge in [0.1, 0.15) is 12.6 Å². The third kappa shape index (κ3) is 7.22. The largest absolute Gasteiger partial charge is 0.354 e. The maximum Gasteiger partial charge on any atom is 0.264 e. The summed E-state index contributed by atoms with van der Waals surface area (Å²) in [5.74, 6) is -0.737. The summed E-state index contributed by atoms with van der Waals surface area (Å²) in [6, 6.07) is 22.1. The summed E-state index contributed by atoms with van der Waals surface area (Å²) in [5, 5.41) is 2.90. The molecule has 0 spiro atoms. The molecule has 0 radical (unpaired) electrons. The zero-order valence-electron chi connectivity index (χ0n) is 22.6. The number of carbonyl (C=O) groups is 2. The van der Waals surface area contributed by atoms with Gasteiger partial charge in [-0.1, -0.05) is 79.6 Å². The molecule has 0 aliphatic heterocycles. The van der Waals surface area contributed by atoms with E-state index in [1.54, 1.807) is 50.2 Å². The first-order chi connectivity index (χ1) is 18.1. The molecule has 38 heavy (non-hydrogen) atoms. The van der Waals surface area contributed by atoms with E-state index in [1.807, 2.05) is 44.2 Å². The number of hydrogen-bond acceptors (Lipinski definition) is 4. The zero-order valence-corrected chi connectivity index (χ0v) is 23.4. The lowest BCUT2D eigenvalue weighted by atomic mass is 10.1. The summed E-state index contributed by atoms with van der Waals surface area (Å²) < 4.78 is 28.7. The van der Waals surface area contributed by atoms with Gasteiger partial charge in [0.05, 0.1) is 10.6 Å². The van der Waals surface area contributed by atoms with E-state index in [0.717, 1.165) is 33.8 Å². The number of amides is 2. The van der Waals surface area contributed by atoms with Crippen LogP contribution < -0.4 is 9.62 Å². The molecule has 2 amide bonds. The minimum absolute atomic E-state index is 0.0893. The summed E-state index contributed by atoms with van der Waals surface area (Å²) >= 11 is 0. The molecule has 8 heteroatoms. The van der Waals surface area contributed by atoms with Gasteiger partial charge in [0.15, 0.2) is 0 Å². The van der Waals surface area contributed by atoms with Gasteiger partial charge in [0, 0.05) is 13.1 Å². The molecule has 3 rings (SSSR count). The fourth-order valence-electron chi connectivity index (χ4n) is 4.09. The number of nitrogens with zero attached hydrogens (tertiary/aromatic N) is 2. The lowest BCUT2D eigenvalue weighted by Gasteiger charge is -2.32. The highest BCUT2D eigenvalue weighted by Gasteiger charge is 2.32. The van der Waals surface area contributed by atoms with Crippen molar-refractivity contribution < 1.29 is 18.0 Å². The van der Waals surface area contributed by atoms with Crippen LogP contribution in [0.5, 0.6) is 0 Å². The van der Waals surface area contributed by atoms with Gasteiger partial charge in [-0.2, -0.15) is 0 Å². The van der Waals surface area contributed by atoms with Crippen molar-refractivity contribution >= 4 is 27.5 Å². The van der Waals surface area contributed by atoms with Crippen molar-refractivity contribution in [1.82, 2.24) is 10.2 Å². The van der Waals surface area contributed by atoms with E-state index in [9.17, 15) is 18.0 Å². The SMILES string of the molecule is CCCCNC(=O)[C@@H](C)N(Cc1ccc(C)cc1)C(=O)CN(c1ccccc1C)S(=O)(=O)c1ccccc1. The van der Waals surface area contributed by atoms with E-state index in [1.165, 1.54) is 17.0 Å². The second kappa shape index (κ2) is 13.2. The Morgan fingerprint density at radius 2 is 1.53 bits per heavy atom. The van der Waals surface area contributed by atoms with E-state index < -0.39 is 28.5 Å². The van der Waals surface area contributed by atoms with Crippen LogP contribution in [0.3, 0.4) is 0 Å². The smallest absolute Gasteiger partial charge is 0.264 e. The van der Waals surface area contributed by atoms with Gasteiger partial charge in [0.25, 0.3) is 10.0 Å². The van der Waals surface area contributed by atoms with E-state index >= 15 is 0 Å².